The molecule has 0 bridgehead atoms. The first-order chi connectivity index (χ1) is 8.16. The van der Waals surface area contributed by atoms with E-state index in [4.69, 9.17) is 0 Å². The maximum Gasteiger partial charge on any atom is 0.0896 e. The number of nitrogens with zero attached hydrogens (tertiary/aromatic N) is 1. The number of aromatic nitrogens is 1. The Labute approximate surface area is 111 Å². The van der Waals surface area contributed by atoms with E-state index in [9.17, 15) is 0 Å². The molecule has 2 heteroatoms. The second-order valence-electron chi connectivity index (χ2n) is 5.14. The van der Waals surface area contributed by atoms with Gasteiger partial charge in [-0.1, -0.05) is 27.7 Å². The van der Waals surface area contributed by atoms with Crippen molar-refractivity contribution >= 4 is 11.3 Å². The van der Waals surface area contributed by atoms with Gasteiger partial charge < -0.3 is 0 Å². The van der Waals surface area contributed by atoms with Gasteiger partial charge in [0.25, 0.3) is 0 Å². The predicted octanol–water partition coefficient (Wildman–Crippen LogP) is 5.41. The van der Waals surface area contributed by atoms with Crippen LogP contribution in [0, 0.1) is 18.8 Å². The van der Waals surface area contributed by atoms with Gasteiger partial charge in [0.15, 0.2) is 0 Å². The summed E-state index contributed by atoms with van der Waals surface area (Å²) in [5.74, 6) is 2.65. The van der Waals surface area contributed by atoms with Crippen LogP contribution >= 0.6 is 11.3 Å². The van der Waals surface area contributed by atoms with E-state index < -0.39 is 0 Å². The smallest absolute Gasteiger partial charge is 0.0896 e. The van der Waals surface area contributed by atoms with E-state index in [0.29, 0.717) is 0 Å². The van der Waals surface area contributed by atoms with Crippen molar-refractivity contribution in [1.29, 1.82) is 0 Å². The van der Waals surface area contributed by atoms with Gasteiger partial charge in [0.2, 0.25) is 0 Å². The summed E-state index contributed by atoms with van der Waals surface area (Å²) in [4.78, 5) is 5.89. The largest absolute Gasteiger partial charge is 0.250 e. The Bertz CT molecular complexity index is 308. The Morgan fingerprint density at radius 2 is 1.76 bits per heavy atom. The zero-order chi connectivity index (χ0) is 12.8. The molecule has 1 aliphatic rings. The van der Waals surface area contributed by atoms with Crippen molar-refractivity contribution in [1.82, 2.24) is 4.98 Å². The lowest BCUT2D eigenvalue weighted by Crippen LogP contribution is -2.17. The van der Waals surface area contributed by atoms with Crippen LogP contribution in [0.3, 0.4) is 0 Å². The van der Waals surface area contributed by atoms with Crippen molar-refractivity contribution in [3.8, 4) is 0 Å². The Morgan fingerprint density at radius 1 is 1.18 bits per heavy atom. The molecular formula is C15H27NS. The van der Waals surface area contributed by atoms with E-state index in [0.717, 1.165) is 17.8 Å². The Kier molecular flexibility index (Phi) is 6.18. The number of hydrogen-bond donors (Lipinski definition) is 0. The molecule has 2 rings (SSSR count). The molecule has 0 N–H and O–H groups in total. The highest BCUT2D eigenvalue weighted by molar-refractivity contribution is 7.11. The summed E-state index contributed by atoms with van der Waals surface area (Å²) < 4.78 is 0. The van der Waals surface area contributed by atoms with Crippen molar-refractivity contribution in [2.45, 2.75) is 66.2 Å². The van der Waals surface area contributed by atoms with Crippen LogP contribution in [0.5, 0.6) is 0 Å². The molecule has 0 atom stereocenters. The van der Waals surface area contributed by atoms with Gasteiger partial charge in [0.1, 0.15) is 0 Å². The van der Waals surface area contributed by atoms with E-state index >= 15 is 0 Å². The van der Waals surface area contributed by atoms with Gasteiger partial charge in [0, 0.05) is 11.1 Å². The molecule has 1 nitrogen and oxygen atoms in total. The third kappa shape index (κ3) is 4.09. The normalized spacial score (nSPS) is 24.4. The van der Waals surface area contributed by atoms with Crippen molar-refractivity contribution in [2.75, 3.05) is 0 Å². The quantitative estimate of drug-likeness (QED) is 0.687. The molecular weight excluding hydrogens is 226 g/mol. The molecule has 1 aromatic rings. The minimum Gasteiger partial charge on any atom is -0.250 e. The SMILES string of the molecule is CC.Cc1ncc(C2CCC(C(C)C)CC2)s1. The first-order valence-corrected chi connectivity index (χ1v) is 7.90. The lowest BCUT2D eigenvalue weighted by Gasteiger charge is -2.30. The minimum atomic E-state index is 0.811. The van der Waals surface area contributed by atoms with E-state index in [2.05, 4.69) is 32.0 Å². The number of thiazole rings is 1. The number of aryl methyl sites for hydroxylation is 1. The van der Waals surface area contributed by atoms with Crippen LogP contribution in [-0.2, 0) is 0 Å². The Hall–Kier alpha value is -0.370. The van der Waals surface area contributed by atoms with E-state index in [1.54, 1.807) is 0 Å². The molecule has 0 spiro atoms. The zero-order valence-corrected chi connectivity index (χ0v) is 12.8. The molecule has 0 aromatic carbocycles. The van der Waals surface area contributed by atoms with E-state index in [-0.39, 0.29) is 0 Å². The topological polar surface area (TPSA) is 12.9 Å². The maximum atomic E-state index is 4.36. The van der Waals surface area contributed by atoms with Crippen LogP contribution in [0.4, 0.5) is 0 Å². The highest BCUT2D eigenvalue weighted by Crippen LogP contribution is 2.40. The van der Waals surface area contributed by atoms with Gasteiger partial charge in [-0.15, -0.1) is 11.3 Å². The van der Waals surface area contributed by atoms with Crippen LogP contribution < -0.4 is 0 Å². The van der Waals surface area contributed by atoms with Crippen LogP contribution in [0.1, 0.15) is 69.2 Å². The highest BCUT2D eigenvalue weighted by Gasteiger charge is 2.25. The first-order valence-electron chi connectivity index (χ1n) is 7.09. The zero-order valence-electron chi connectivity index (χ0n) is 12.0. The summed E-state index contributed by atoms with van der Waals surface area (Å²) in [6, 6.07) is 0. The molecule has 0 saturated heterocycles. The molecule has 0 unspecified atom stereocenters. The van der Waals surface area contributed by atoms with Gasteiger partial charge in [-0.05, 0) is 50.4 Å². The molecule has 0 aliphatic heterocycles. The van der Waals surface area contributed by atoms with Gasteiger partial charge in [0.05, 0.1) is 5.01 Å². The Balaban J connectivity index is 0.000000686. The standard InChI is InChI=1S/C13H21NS.C2H6/c1-9(2)11-4-6-12(7-5-11)13-8-14-10(3)15-13;1-2/h8-9,11-12H,4-7H2,1-3H3;1-2H3. The van der Waals surface area contributed by atoms with E-state index in [1.165, 1.54) is 35.6 Å². The van der Waals surface area contributed by atoms with Gasteiger partial charge >= 0.3 is 0 Å². The van der Waals surface area contributed by atoms with Crippen molar-refractivity contribution in [3.63, 3.8) is 0 Å². The van der Waals surface area contributed by atoms with Crippen LogP contribution in [0.2, 0.25) is 0 Å². The average Bonchev–Trinajstić information content (AvgIpc) is 2.79. The fraction of sp³-hybridized carbons (Fsp3) is 0.800. The molecule has 98 valence electrons. The van der Waals surface area contributed by atoms with Gasteiger partial charge in [-0.2, -0.15) is 0 Å². The fourth-order valence-corrected chi connectivity index (χ4v) is 3.59. The minimum absolute atomic E-state index is 0.811. The maximum absolute atomic E-state index is 4.36. The predicted molar refractivity (Wildman–Crippen MR) is 77.7 cm³/mol. The Morgan fingerprint density at radius 3 is 2.18 bits per heavy atom. The lowest BCUT2D eigenvalue weighted by atomic mass is 9.77. The molecule has 1 fully saturated rings. The second kappa shape index (κ2) is 7.15. The number of hydrogen-bond acceptors (Lipinski definition) is 2. The van der Waals surface area contributed by atoms with Crippen molar-refractivity contribution < 1.29 is 0 Å². The summed E-state index contributed by atoms with van der Waals surface area (Å²) in [5.41, 5.74) is 0. The first kappa shape index (κ1) is 14.7. The van der Waals surface area contributed by atoms with Gasteiger partial charge in [-0.25, -0.2) is 4.98 Å². The van der Waals surface area contributed by atoms with Crippen LogP contribution in [0.25, 0.3) is 0 Å². The lowest BCUT2D eigenvalue weighted by molar-refractivity contribution is 0.260. The highest BCUT2D eigenvalue weighted by atomic mass is 32.1. The molecule has 0 amide bonds. The average molecular weight is 253 g/mol. The van der Waals surface area contributed by atoms with E-state index in [1.807, 2.05) is 25.2 Å². The third-order valence-corrected chi connectivity index (χ3v) is 4.83. The fourth-order valence-electron chi connectivity index (χ4n) is 2.64. The van der Waals surface area contributed by atoms with Crippen LogP contribution in [0.15, 0.2) is 6.20 Å². The van der Waals surface area contributed by atoms with Crippen LogP contribution in [-0.4, -0.2) is 4.98 Å². The summed E-state index contributed by atoms with van der Waals surface area (Å²) in [6.07, 6.45) is 7.69. The molecule has 0 radical (unpaired) electrons. The van der Waals surface area contributed by atoms with Crippen molar-refractivity contribution in [3.05, 3.63) is 16.1 Å². The summed E-state index contributed by atoms with van der Waals surface area (Å²) in [6.45, 7) is 10.8. The second-order valence-corrected chi connectivity index (χ2v) is 6.40. The summed E-state index contributed by atoms with van der Waals surface area (Å²) >= 11 is 1.89. The monoisotopic (exact) mass is 253 g/mol. The molecule has 1 saturated carbocycles. The third-order valence-electron chi connectivity index (χ3n) is 3.76. The summed E-state index contributed by atoms with van der Waals surface area (Å²) in [7, 11) is 0. The molecule has 1 heterocycles. The van der Waals surface area contributed by atoms with Gasteiger partial charge in [-0.3, -0.25) is 0 Å². The van der Waals surface area contributed by atoms with Crippen molar-refractivity contribution in [2.24, 2.45) is 11.8 Å². The molecule has 1 aromatic heterocycles. The molecule has 1 aliphatic carbocycles. The summed E-state index contributed by atoms with van der Waals surface area (Å²) in [5, 5.41) is 1.22. The molecule has 17 heavy (non-hydrogen) atoms. The number of rotatable bonds is 2.